The van der Waals surface area contributed by atoms with Gasteiger partial charge in [0.25, 0.3) is 0 Å². The van der Waals surface area contributed by atoms with E-state index in [1.165, 1.54) is 32.7 Å². The summed E-state index contributed by atoms with van der Waals surface area (Å²) in [5.41, 5.74) is 7.73. The fraction of sp³-hybridized carbons (Fsp3) is 0.111. The maximum atomic E-state index is 12.4. The van der Waals surface area contributed by atoms with E-state index < -0.39 is 5.41 Å². The first-order chi connectivity index (χ1) is 23.1. The number of aryl methyl sites for hydroxylation is 2. The Hall–Kier alpha value is -5.60. The van der Waals surface area contributed by atoms with Gasteiger partial charge < -0.3 is 10.2 Å². The number of rotatable bonds is 2. The third kappa shape index (κ3) is 3.61. The van der Waals surface area contributed by atoms with Gasteiger partial charge in [0, 0.05) is 27.7 Å². The minimum Gasteiger partial charge on any atom is -0.507 e. The Labute approximate surface area is 273 Å². The molecule has 0 heterocycles. The van der Waals surface area contributed by atoms with Crippen LogP contribution in [0.1, 0.15) is 35.1 Å². The molecule has 224 valence electrons. The van der Waals surface area contributed by atoms with Gasteiger partial charge in [0.1, 0.15) is 11.5 Å². The van der Waals surface area contributed by atoms with Crippen molar-refractivity contribution in [2.75, 3.05) is 0 Å². The summed E-state index contributed by atoms with van der Waals surface area (Å²) in [6, 6.07) is 47.1. The highest BCUT2D eigenvalue weighted by Gasteiger charge is 2.49. The summed E-state index contributed by atoms with van der Waals surface area (Å²) in [4.78, 5) is 0. The third-order valence-electron chi connectivity index (χ3n) is 11.2. The van der Waals surface area contributed by atoms with Crippen molar-refractivity contribution in [1.82, 2.24) is 0 Å². The number of phenols is 2. The Kier molecular flexibility index (Phi) is 5.49. The molecule has 0 unspecified atom stereocenters. The van der Waals surface area contributed by atoms with Crippen molar-refractivity contribution in [1.29, 1.82) is 0 Å². The van der Waals surface area contributed by atoms with Crippen molar-refractivity contribution in [2.45, 2.75) is 31.1 Å². The molecule has 0 radical (unpaired) electrons. The van der Waals surface area contributed by atoms with Crippen molar-refractivity contribution >= 4 is 43.1 Å². The molecule has 8 aromatic rings. The average Bonchev–Trinajstić information content (AvgIpc) is 3.69. The molecule has 2 aliphatic carbocycles. The van der Waals surface area contributed by atoms with Crippen LogP contribution in [0.2, 0.25) is 0 Å². The summed E-state index contributed by atoms with van der Waals surface area (Å²) >= 11 is 0. The van der Waals surface area contributed by atoms with Crippen LogP contribution in [-0.4, -0.2) is 10.2 Å². The lowest BCUT2D eigenvalue weighted by Gasteiger charge is -2.29. The van der Waals surface area contributed by atoms with E-state index in [0.29, 0.717) is 11.5 Å². The zero-order chi connectivity index (χ0) is 31.3. The van der Waals surface area contributed by atoms with E-state index >= 15 is 0 Å². The topological polar surface area (TPSA) is 40.5 Å². The predicted molar refractivity (Wildman–Crippen MR) is 195 cm³/mol. The van der Waals surface area contributed by atoms with Gasteiger partial charge in [-0.1, -0.05) is 121 Å². The molecule has 47 heavy (non-hydrogen) atoms. The van der Waals surface area contributed by atoms with E-state index in [-0.39, 0.29) is 0 Å². The molecule has 0 saturated carbocycles. The molecule has 2 aliphatic rings. The molecule has 10 rings (SSSR count). The largest absolute Gasteiger partial charge is 0.507 e. The van der Waals surface area contributed by atoms with Crippen LogP contribution in [0, 0.1) is 0 Å². The Balaban J connectivity index is 1.20. The summed E-state index contributed by atoms with van der Waals surface area (Å²) < 4.78 is 0. The standard InChI is InChI=1S/C45H32O2/c46-43-37(39-25-29-9-1-3-11-31(29)33-13-5-7-15-35(33)39)19-17-27-21-23-45(41(27)43)24-22-28-18-20-38(44(47)42(28)45)40-26-30-10-2-4-12-32(30)34-14-6-8-16-36(34)40/h1-20,25-26,46-47H,21-24H2. The zero-order valence-corrected chi connectivity index (χ0v) is 25.9. The molecular formula is C45H32O2. The van der Waals surface area contributed by atoms with Crippen LogP contribution in [0.4, 0.5) is 0 Å². The van der Waals surface area contributed by atoms with Gasteiger partial charge in [0.2, 0.25) is 0 Å². The minimum atomic E-state index is -0.440. The van der Waals surface area contributed by atoms with Crippen molar-refractivity contribution in [3.05, 3.63) is 156 Å². The smallest absolute Gasteiger partial charge is 0.127 e. The Morgan fingerprint density at radius 1 is 0.383 bits per heavy atom. The average molecular weight is 605 g/mol. The van der Waals surface area contributed by atoms with Gasteiger partial charge in [0.15, 0.2) is 0 Å². The van der Waals surface area contributed by atoms with Gasteiger partial charge in [-0.15, -0.1) is 0 Å². The quantitative estimate of drug-likeness (QED) is 0.193. The molecule has 1 spiro atoms. The highest BCUT2D eigenvalue weighted by molar-refractivity contribution is 6.15. The summed E-state index contributed by atoms with van der Waals surface area (Å²) in [6.07, 6.45) is 3.51. The number of benzene rings is 8. The highest BCUT2D eigenvalue weighted by atomic mass is 16.3. The molecule has 0 saturated heterocycles. The van der Waals surface area contributed by atoms with E-state index in [1.54, 1.807) is 0 Å². The first kappa shape index (κ1) is 26.6. The fourth-order valence-electron chi connectivity index (χ4n) is 9.19. The van der Waals surface area contributed by atoms with Crippen LogP contribution < -0.4 is 0 Å². The number of aromatic hydroxyl groups is 2. The van der Waals surface area contributed by atoms with E-state index in [4.69, 9.17) is 0 Å². The SMILES string of the molecule is Oc1c(-c2cc3ccccc3c3ccccc23)ccc2c1C1(CC2)CCc2ccc(-c3cc4ccccc4c4ccccc34)c(O)c21. The van der Waals surface area contributed by atoms with Gasteiger partial charge in [-0.2, -0.15) is 0 Å². The van der Waals surface area contributed by atoms with Crippen LogP contribution in [-0.2, 0) is 18.3 Å². The molecule has 2 nitrogen and oxygen atoms in total. The number of fused-ring (bicyclic) bond motifs is 10. The second-order valence-electron chi connectivity index (χ2n) is 13.5. The first-order valence-corrected chi connectivity index (χ1v) is 16.6. The van der Waals surface area contributed by atoms with Crippen molar-refractivity contribution in [3.63, 3.8) is 0 Å². The van der Waals surface area contributed by atoms with E-state index in [9.17, 15) is 10.2 Å². The molecular weight excluding hydrogens is 572 g/mol. The first-order valence-electron chi connectivity index (χ1n) is 16.6. The lowest BCUT2D eigenvalue weighted by atomic mass is 9.74. The Bertz CT molecular complexity index is 2430. The molecule has 0 fully saturated rings. The lowest BCUT2D eigenvalue weighted by Crippen LogP contribution is -2.21. The summed E-state index contributed by atoms with van der Waals surface area (Å²) in [6.45, 7) is 0. The van der Waals surface area contributed by atoms with Gasteiger partial charge in [-0.3, -0.25) is 0 Å². The lowest BCUT2D eigenvalue weighted by molar-refractivity contribution is 0.418. The Morgan fingerprint density at radius 3 is 1.21 bits per heavy atom. The van der Waals surface area contributed by atoms with Crippen LogP contribution in [0.15, 0.2) is 133 Å². The molecule has 2 N–H and O–H groups in total. The predicted octanol–water partition coefficient (Wildman–Crippen LogP) is 11.2. The second kappa shape index (κ2) is 9.70. The van der Waals surface area contributed by atoms with Crippen molar-refractivity contribution in [3.8, 4) is 33.8 Å². The summed E-state index contributed by atoms with van der Waals surface area (Å²) in [5, 5.41) is 34.2. The molecule has 2 heteroatoms. The maximum absolute atomic E-state index is 12.4. The third-order valence-corrected chi connectivity index (χ3v) is 11.2. The van der Waals surface area contributed by atoms with E-state index in [0.717, 1.165) is 80.6 Å². The van der Waals surface area contributed by atoms with Gasteiger partial charge >= 0.3 is 0 Å². The van der Waals surface area contributed by atoms with E-state index in [1.807, 2.05) is 0 Å². The van der Waals surface area contributed by atoms with E-state index in [2.05, 4.69) is 133 Å². The minimum absolute atomic E-state index is 0.356. The molecule has 0 aliphatic heterocycles. The van der Waals surface area contributed by atoms with Crippen LogP contribution in [0.3, 0.4) is 0 Å². The van der Waals surface area contributed by atoms with Gasteiger partial charge in [-0.25, -0.2) is 0 Å². The number of phenolic OH excluding ortho intramolecular Hbond substituents is 2. The van der Waals surface area contributed by atoms with Crippen LogP contribution >= 0.6 is 0 Å². The summed E-state index contributed by atoms with van der Waals surface area (Å²) in [7, 11) is 0. The molecule has 0 atom stereocenters. The molecule has 0 amide bonds. The van der Waals surface area contributed by atoms with Gasteiger partial charge in [0.05, 0.1) is 0 Å². The molecule has 8 aromatic carbocycles. The van der Waals surface area contributed by atoms with Gasteiger partial charge in [-0.05, 0) is 103 Å². The summed E-state index contributed by atoms with van der Waals surface area (Å²) in [5.74, 6) is 0.712. The highest BCUT2D eigenvalue weighted by Crippen LogP contribution is 2.60. The Morgan fingerprint density at radius 2 is 0.766 bits per heavy atom. The fourth-order valence-corrected chi connectivity index (χ4v) is 9.19. The normalized spacial score (nSPS) is 14.8. The zero-order valence-electron chi connectivity index (χ0n) is 25.9. The van der Waals surface area contributed by atoms with Crippen molar-refractivity contribution < 1.29 is 10.2 Å². The number of hydrogen-bond donors (Lipinski definition) is 2. The molecule has 0 bridgehead atoms. The second-order valence-corrected chi connectivity index (χ2v) is 13.5. The van der Waals surface area contributed by atoms with Crippen molar-refractivity contribution in [2.24, 2.45) is 0 Å². The molecule has 0 aromatic heterocycles. The van der Waals surface area contributed by atoms with Crippen LogP contribution in [0.25, 0.3) is 65.3 Å². The monoisotopic (exact) mass is 604 g/mol. The number of hydrogen-bond acceptors (Lipinski definition) is 2. The van der Waals surface area contributed by atoms with Crippen LogP contribution in [0.5, 0.6) is 11.5 Å². The maximum Gasteiger partial charge on any atom is 0.127 e.